The Balaban J connectivity index is 2.13. The van der Waals surface area contributed by atoms with Gasteiger partial charge in [-0.1, -0.05) is 43.0 Å². The van der Waals surface area contributed by atoms with Crippen molar-refractivity contribution in [1.82, 2.24) is 4.90 Å². The summed E-state index contributed by atoms with van der Waals surface area (Å²) in [5.41, 5.74) is 2.28. The lowest BCUT2D eigenvalue weighted by atomic mass is 10.1. The lowest BCUT2D eigenvalue weighted by molar-refractivity contribution is 0.213. The molecule has 1 rings (SSSR count). The van der Waals surface area contributed by atoms with E-state index in [4.69, 9.17) is 9.47 Å². The van der Waals surface area contributed by atoms with Gasteiger partial charge >= 0.3 is 0 Å². The molecule has 5 nitrogen and oxygen atoms in total. The number of aryl methyl sites for hydroxylation is 2. The molecule has 1 aromatic carbocycles. The molecule has 0 aliphatic carbocycles. The third-order valence-electron chi connectivity index (χ3n) is 4.77. The van der Waals surface area contributed by atoms with Crippen LogP contribution in [0.25, 0.3) is 0 Å². The molecule has 0 atom stereocenters. The normalized spacial score (nSPS) is 11.7. The maximum Gasteiger partial charge on any atom is 0.125 e. The number of nitrogens with zero attached hydrogens (tertiary/aromatic N) is 2. The number of benzene rings is 1. The highest BCUT2D eigenvalue weighted by Gasteiger charge is 2.07. The van der Waals surface area contributed by atoms with Crippen LogP contribution in [0.1, 0.15) is 56.6 Å². The van der Waals surface area contributed by atoms with Gasteiger partial charge in [-0.25, -0.2) is 0 Å². The van der Waals surface area contributed by atoms with Gasteiger partial charge in [0, 0.05) is 6.54 Å². The van der Waals surface area contributed by atoms with Crippen LogP contribution < -0.4 is 9.47 Å². The average molecular weight is 405 g/mol. The van der Waals surface area contributed by atoms with E-state index in [1.807, 2.05) is 19.1 Å². The molecule has 0 aliphatic heterocycles. The highest BCUT2D eigenvalue weighted by Crippen LogP contribution is 2.28. The molecule has 1 aromatic rings. The molecule has 0 aromatic heterocycles. The van der Waals surface area contributed by atoms with Crippen LogP contribution in [0.5, 0.6) is 11.5 Å². The van der Waals surface area contributed by atoms with E-state index in [9.17, 15) is 0 Å². The van der Waals surface area contributed by atoms with E-state index < -0.39 is 0 Å². The zero-order valence-electron chi connectivity index (χ0n) is 19.1. The molecule has 0 fully saturated rings. The molecule has 29 heavy (non-hydrogen) atoms. The van der Waals surface area contributed by atoms with E-state index >= 15 is 0 Å². The monoisotopic (exact) mass is 404 g/mol. The number of hydrogen-bond donors (Lipinski definition) is 0. The van der Waals surface area contributed by atoms with Crippen molar-refractivity contribution in [3.8, 4) is 11.5 Å². The van der Waals surface area contributed by atoms with Gasteiger partial charge < -0.3 is 19.2 Å². The molecule has 5 heteroatoms. The van der Waals surface area contributed by atoms with E-state index in [0.29, 0.717) is 6.61 Å². The molecule has 0 heterocycles. The molecule has 0 unspecified atom stereocenters. The highest BCUT2D eigenvalue weighted by atomic mass is 16.6. The van der Waals surface area contributed by atoms with Crippen molar-refractivity contribution >= 4 is 6.21 Å². The highest BCUT2D eigenvalue weighted by molar-refractivity contribution is 5.58. The zero-order valence-corrected chi connectivity index (χ0v) is 19.1. The summed E-state index contributed by atoms with van der Waals surface area (Å²) in [7, 11) is 3.69. The Labute approximate surface area is 177 Å². The molecule has 0 spiro atoms. The standard InChI is InChI=1S/C24H40N2O3/c1-6-7-17-28-23-19-21(2)24(22(3)20-23)29-18-13-11-9-8-10-12-15-26(4)16-14-25-27-5/h6-7,14,19-20H,8-13,15-18H2,1-5H3/b7-6+,25-14?. The number of ether oxygens (including phenoxy) is 2. The maximum atomic E-state index is 6.06. The second-order valence-electron chi connectivity index (χ2n) is 7.47. The summed E-state index contributed by atoms with van der Waals surface area (Å²) >= 11 is 0. The number of hydrogen-bond acceptors (Lipinski definition) is 5. The van der Waals surface area contributed by atoms with Crippen molar-refractivity contribution in [3.63, 3.8) is 0 Å². The molecule has 164 valence electrons. The molecule has 0 bridgehead atoms. The molecule has 0 saturated heterocycles. The van der Waals surface area contributed by atoms with Crippen LogP contribution in [0.4, 0.5) is 0 Å². The Morgan fingerprint density at radius 2 is 1.62 bits per heavy atom. The lowest BCUT2D eigenvalue weighted by Gasteiger charge is -2.14. The Morgan fingerprint density at radius 1 is 0.966 bits per heavy atom. The Hall–Kier alpha value is -2.01. The number of unbranched alkanes of at least 4 members (excludes halogenated alkanes) is 5. The minimum Gasteiger partial charge on any atom is -0.493 e. The van der Waals surface area contributed by atoms with Gasteiger partial charge in [-0.15, -0.1) is 0 Å². The Bertz CT molecular complexity index is 591. The largest absolute Gasteiger partial charge is 0.493 e. The zero-order chi connectivity index (χ0) is 21.3. The first-order valence-corrected chi connectivity index (χ1v) is 10.8. The van der Waals surface area contributed by atoms with Crippen molar-refractivity contribution in [2.24, 2.45) is 5.16 Å². The summed E-state index contributed by atoms with van der Waals surface area (Å²) in [6, 6.07) is 4.12. The van der Waals surface area contributed by atoms with Gasteiger partial charge in [0.2, 0.25) is 0 Å². The van der Waals surface area contributed by atoms with Gasteiger partial charge in [0.15, 0.2) is 0 Å². The first-order valence-electron chi connectivity index (χ1n) is 10.8. The quantitative estimate of drug-likeness (QED) is 0.157. The van der Waals surface area contributed by atoms with Gasteiger partial charge in [-0.2, -0.15) is 0 Å². The predicted octanol–water partition coefficient (Wildman–Crippen LogP) is 5.54. The topological polar surface area (TPSA) is 43.3 Å². The molecule has 0 radical (unpaired) electrons. The van der Waals surface area contributed by atoms with Gasteiger partial charge in [0.25, 0.3) is 0 Å². The van der Waals surface area contributed by atoms with Crippen molar-refractivity contribution in [3.05, 3.63) is 35.4 Å². The van der Waals surface area contributed by atoms with Crippen LogP contribution in [0.15, 0.2) is 29.4 Å². The average Bonchev–Trinajstić information content (AvgIpc) is 2.68. The third kappa shape index (κ3) is 11.5. The Kier molecular flexibility index (Phi) is 13.7. The van der Waals surface area contributed by atoms with Gasteiger partial charge in [-0.05, 0) is 70.5 Å². The van der Waals surface area contributed by atoms with Crippen LogP contribution in [-0.2, 0) is 4.84 Å². The van der Waals surface area contributed by atoms with E-state index in [2.05, 4.69) is 47.9 Å². The minimum absolute atomic E-state index is 0.605. The number of allylic oxidation sites excluding steroid dienone is 1. The summed E-state index contributed by atoms with van der Waals surface area (Å²) in [6.45, 7) is 9.50. The number of oxime groups is 1. The molecule has 0 aliphatic rings. The van der Waals surface area contributed by atoms with Crippen LogP contribution in [0.2, 0.25) is 0 Å². The summed E-state index contributed by atoms with van der Waals surface area (Å²) in [4.78, 5) is 6.93. The third-order valence-corrected chi connectivity index (χ3v) is 4.77. The smallest absolute Gasteiger partial charge is 0.125 e. The summed E-state index contributed by atoms with van der Waals surface area (Å²) in [6.07, 6.45) is 13.2. The van der Waals surface area contributed by atoms with E-state index in [1.54, 1.807) is 13.3 Å². The molecule has 0 amide bonds. The van der Waals surface area contributed by atoms with E-state index in [1.165, 1.54) is 32.1 Å². The van der Waals surface area contributed by atoms with Crippen LogP contribution in [0, 0.1) is 13.8 Å². The van der Waals surface area contributed by atoms with Gasteiger partial charge in [-0.3, -0.25) is 0 Å². The van der Waals surface area contributed by atoms with Crippen LogP contribution >= 0.6 is 0 Å². The lowest BCUT2D eigenvalue weighted by Crippen LogP contribution is -2.21. The fourth-order valence-corrected chi connectivity index (χ4v) is 3.17. The molecular weight excluding hydrogens is 364 g/mol. The Morgan fingerprint density at radius 3 is 2.28 bits per heavy atom. The first-order chi connectivity index (χ1) is 14.1. The molecule has 0 N–H and O–H groups in total. The molecule has 0 saturated carbocycles. The van der Waals surface area contributed by atoms with Crippen molar-refractivity contribution in [2.75, 3.05) is 40.5 Å². The van der Waals surface area contributed by atoms with E-state index in [0.717, 1.165) is 48.7 Å². The fourth-order valence-electron chi connectivity index (χ4n) is 3.17. The van der Waals surface area contributed by atoms with Gasteiger partial charge in [0.1, 0.15) is 25.2 Å². The second kappa shape index (κ2) is 15.9. The first kappa shape index (κ1) is 25.0. The minimum atomic E-state index is 0.605. The van der Waals surface area contributed by atoms with Crippen molar-refractivity contribution < 1.29 is 14.3 Å². The fraction of sp³-hybridized carbons (Fsp3) is 0.625. The second-order valence-corrected chi connectivity index (χ2v) is 7.47. The van der Waals surface area contributed by atoms with Gasteiger partial charge in [0.05, 0.1) is 12.8 Å². The van der Waals surface area contributed by atoms with Crippen LogP contribution in [0.3, 0.4) is 0 Å². The summed E-state index contributed by atoms with van der Waals surface area (Å²) in [5, 5.41) is 3.76. The van der Waals surface area contributed by atoms with E-state index in [-0.39, 0.29) is 0 Å². The maximum absolute atomic E-state index is 6.06. The molecular formula is C24H40N2O3. The summed E-state index contributed by atoms with van der Waals surface area (Å²) in [5.74, 6) is 1.91. The van der Waals surface area contributed by atoms with Crippen molar-refractivity contribution in [1.29, 1.82) is 0 Å². The number of rotatable bonds is 16. The summed E-state index contributed by atoms with van der Waals surface area (Å²) < 4.78 is 11.8. The predicted molar refractivity (Wildman–Crippen MR) is 122 cm³/mol. The SMILES string of the molecule is C/C=C/COc1cc(C)c(OCCCCCCCCN(C)CC=NOC)c(C)c1. The van der Waals surface area contributed by atoms with Crippen LogP contribution in [-0.4, -0.2) is 51.6 Å². The van der Waals surface area contributed by atoms with Crippen molar-refractivity contribution in [2.45, 2.75) is 59.3 Å².